The van der Waals surface area contributed by atoms with E-state index in [4.69, 9.17) is 44.8 Å². The highest BCUT2D eigenvalue weighted by molar-refractivity contribution is 6.38. The van der Waals surface area contributed by atoms with Gasteiger partial charge in [-0.3, -0.25) is 4.79 Å². The standard InChI is InChI=1S/C15H7Cl3F3N3O2/c16-9-4-8(24-12(25)1-2-22)5-10(17)13(9)26-14-11(18)3-7(6-23-14)15(19,20)21/h3-6H,1H2,(H,24,25). The summed E-state index contributed by atoms with van der Waals surface area (Å²) in [6.45, 7) is 0. The maximum absolute atomic E-state index is 12.6. The van der Waals surface area contributed by atoms with Gasteiger partial charge in [-0.25, -0.2) is 4.98 Å². The first-order chi connectivity index (χ1) is 12.1. The maximum Gasteiger partial charge on any atom is 0.417 e. The third-order valence-electron chi connectivity index (χ3n) is 2.86. The molecule has 136 valence electrons. The summed E-state index contributed by atoms with van der Waals surface area (Å²) in [6.07, 6.45) is -4.41. The Hall–Kier alpha value is -2.21. The molecule has 1 amide bonds. The zero-order chi connectivity index (χ0) is 19.5. The van der Waals surface area contributed by atoms with Crippen molar-refractivity contribution in [2.75, 3.05) is 5.32 Å². The van der Waals surface area contributed by atoms with Crippen LogP contribution in [0.3, 0.4) is 0 Å². The number of hydrogen-bond acceptors (Lipinski definition) is 4. The summed E-state index contributed by atoms with van der Waals surface area (Å²) in [6, 6.07) is 4.91. The van der Waals surface area contributed by atoms with E-state index in [1.807, 2.05) is 0 Å². The first kappa shape index (κ1) is 20.1. The van der Waals surface area contributed by atoms with Gasteiger partial charge in [0.25, 0.3) is 0 Å². The zero-order valence-corrected chi connectivity index (χ0v) is 14.8. The molecule has 0 radical (unpaired) electrons. The molecule has 1 heterocycles. The first-order valence-electron chi connectivity index (χ1n) is 6.68. The van der Waals surface area contributed by atoms with Gasteiger partial charge in [0.1, 0.15) is 11.4 Å². The largest absolute Gasteiger partial charge is 0.434 e. The molecule has 0 aliphatic carbocycles. The van der Waals surface area contributed by atoms with Crippen LogP contribution in [-0.2, 0) is 11.0 Å². The smallest absolute Gasteiger partial charge is 0.417 e. The Bertz CT molecular complexity index is 875. The molecule has 1 N–H and O–H groups in total. The summed E-state index contributed by atoms with van der Waals surface area (Å²) < 4.78 is 43.2. The van der Waals surface area contributed by atoms with Crippen molar-refractivity contribution in [3.8, 4) is 17.7 Å². The summed E-state index contributed by atoms with van der Waals surface area (Å²) in [7, 11) is 0. The SMILES string of the molecule is N#CCC(=O)Nc1cc(Cl)c(Oc2ncc(C(F)(F)F)cc2Cl)c(Cl)c1. The van der Waals surface area contributed by atoms with Gasteiger partial charge in [-0.15, -0.1) is 0 Å². The number of nitrogens with zero attached hydrogens (tertiary/aromatic N) is 2. The number of halogens is 6. The van der Waals surface area contributed by atoms with Crippen LogP contribution in [0.4, 0.5) is 18.9 Å². The molecule has 26 heavy (non-hydrogen) atoms. The Morgan fingerprint density at radius 2 is 1.81 bits per heavy atom. The Labute approximate surface area is 160 Å². The number of pyridine rings is 1. The van der Waals surface area contributed by atoms with Crippen molar-refractivity contribution in [1.82, 2.24) is 4.98 Å². The molecule has 1 aromatic heterocycles. The number of nitriles is 1. The molecule has 0 bridgehead atoms. The van der Waals surface area contributed by atoms with Gasteiger partial charge in [-0.2, -0.15) is 18.4 Å². The molecule has 0 spiro atoms. The lowest BCUT2D eigenvalue weighted by molar-refractivity contribution is -0.137. The zero-order valence-electron chi connectivity index (χ0n) is 12.5. The lowest BCUT2D eigenvalue weighted by atomic mass is 10.2. The predicted octanol–water partition coefficient (Wildman–Crippen LogP) is 5.71. The lowest BCUT2D eigenvalue weighted by Crippen LogP contribution is -2.10. The Balaban J connectivity index is 2.28. The molecule has 0 aliphatic heterocycles. The normalized spacial score (nSPS) is 11.0. The van der Waals surface area contributed by atoms with Gasteiger partial charge in [-0.1, -0.05) is 34.8 Å². The highest BCUT2D eigenvalue weighted by Gasteiger charge is 2.32. The number of rotatable bonds is 4. The number of hydrogen-bond donors (Lipinski definition) is 1. The number of amides is 1. The van der Waals surface area contributed by atoms with Crippen molar-refractivity contribution in [3.63, 3.8) is 0 Å². The molecule has 0 unspecified atom stereocenters. The molecular formula is C15H7Cl3F3N3O2. The minimum Gasteiger partial charge on any atom is -0.434 e. The maximum atomic E-state index is 12.6. The monoisotopic (exact) mass is 423 g/mol. The van der Waals surface area contributed by atoms with Crippen molar-refractivity contribution in [2.24, 2.45) is 0 Å². The van der Waals surface area contributed by atoms with Crippen LogP contribution in [0.25, 0.3) is 0 Å². The number of carbonyl (C=O) groups excluding carboxylic acids is 1. The average Bonchev–Trinajstić information content (AvgIpc) is 2.51. The lowest BCUT2D eigenvalue weighted by Gasteiger charge is -2.13. The third kappa shape index (κ3) is 4.91. The van der Waals surface area contributed by atoms with E-state index in [0.29, 0.717) is 12.3 Å². The van der Waals surface area contributed by atoms with E-state index in [2.05, 4.69) is 10.3 Å². The second-order valence-electron chi connectivity index (χ2n) is 4.76. The minimum absolute atomic E-state index is 0.0532. The number of alkyl halides is 3. The van der Waals surface area contributed by atoms with E-state index >= 15 is 0 Å². The van der Waals surface area contributed by atoms with Gasteiger partial charge in [0, 0.05) is 11.9 Å². The molecule has 0 fully saturated rings. The Kier molecular flexibility index (Phi) is 6.18. The first-order valence-corrected chi connectivity index (χ1v) is 7.81. The molecule has 2 aromatic rings. The minimum atomic E-state index is -4.60. The molecule has 1 aromatic carbocycles. The van der Waals surface area contributed by atoms with E-state index in [9.17, 15) is 18.0 Å². The second kappa shape index (κ2) is 7.99. The summed E-state index contributed by atoms with van der Waals surface area (Å²) in [5.41, 5.74) is -0.832. The third-order valence-corrected chi connectivity index (χ3v) is 3.69. The molecule has 0 aliphatic rings. The van der Waals surface area contributed by atoms with Crippen molar-refractivity contribution in [2.45, 2.75) is 12.6 Å². The van der Waals surface area contributed by atoms with Crippen LogP contribution in [0.2, 0.25) is 15.1 Å². The van der Waals surface area contributed by atoms with Crippen molar-refractivity contribution in [3.05, 3.63) is 45.0 Å². The van der Waals surface area contributed by atoms with Crippen LogP contribution in [0.15, 0.2) is 24.4 Å². The van der Waals surface area contributed by atoms with Gasteiger partial charge in [0.15, 0.2) is 5.75 Å². The number of nitrogens with one attached hydrogen (secondary N) is 1. The molecule has 0 saturated heterocycles. The van der Waals surface area contributed by atoms with E-state index in [1.54, 1.807) is 6.07 Å². The van der Waals surface area contributed by atoms with Crippen LogP contribution in [0.1, 0.15) is 12.0 Å². The fourth-order valence-electron chi connectivity index (χ4n) is 1.76. The van der Waals surface area contributed by atoms with Crippen molar-refractivity contribution >= 4 is 46.4 Å². The van der Waals surface area contributed by atoms with Crippen LogP contribution < -0.4 is 10.1 Å². The van der Waals surface area contributed by atoms with Gasteiger partial charge in [0.05, 0.1) is 21.7 Å². The van der Waals surface area contributed by atoms with E-state index in [0.717, 1.165) is 0 Å². The van der Waals surface area contributed by atoms with Crippen LogP contribution in [-0.4, -0.2) is 10.9 Å². The highest BCUT2D eigenvalue weighted by atomic mass is 35.5. The predicted molar refractivity (Wildman–Crippen MR) is 89.6 cm³/mol. The fourth-order valence-corrected chi connectivity index (χ4v) is 2.53. The number of ether oxygens (including phenoxy) is 1. The average molecular weight is 425 g/mol. The van der Waals surface area contributed by atoms with E-state index in [-0.39, 0.29) is 33.8 Å². The van der Waals surface area contributed by atoms with E-state index < -0.39 is 22.7 Å². The van der Waals surface area contributed by atoms with Crippen molar-refractivity contribution < 1.29 is 22.7 Å². The number of carbonyl (C=O) groups is 1. The van der Waals surface area contributed by atoms with Gasteiger partial charge < -0.3 is 10.1 Å². The van der Waals surface area contributed by atoms with Crippen molar-refractivity contribution in [1.29, 1.82) is 5.26 Å². The molecule has 11 heteroatoms. The summed E-state index contributed by atoms with van der Waals surface area (Å²) in [4.78, 5) is 14.9. The Morgan fingerprint density at radius 1 is 1.19 bits per heavy atom. The highest BCUT2D eigenvalue weighted by Crippen LogP contribution is 2.41. The van der Waals surface area contributed by atoms with Crippen LogP contribution >= 0.6 is 34.8 Å². The molecule has 5 nitrogen and oxygen atoms in total. The topological polar surface area (TPSA) is 75.0 Å². The van der Waals surface area contributed by atoms with Crippen LogP contribution in [0.5, 0.6) is 11.6 Å². The second-order valence-corrected chi connectivity index (χ2v) is 5.98. The molecule has 2 rings (SSSR count). The summed E-state index contributed by atoms with van der Waals surface area (Å²) in [5, 5.41) is 10.4. The van der Waals surface area contributed by atoms with Crippen LogP contribution in [0, 0.1) is 11.3 Å². The molecule has 0 atom stereocenters. The molecular weight excluding hydrogens is 418 g/mol. The quantitative estimate of drug-likeness (QED) is 0.682. The van der Waals surface area contributed by atoms with E-state index in [1.165, 1.54) is 12.1 Å². The van der Waals surface area contributed by atoms with Gasteiger partial charge in [-0.05, 0) is 18.2 Å². The van der Waals surface area contributed by atoms with Gasteiger partial charge in [0.2, 0.25) is 11.8 Å². The Morgan fingerprint density at radius 3 is 2.31 bits per heavy atom. The number of benzene rings is 1. The summed E-state index contributed by atoms with van der Waals surface area (Å²) in [5.74, 6) is -1.01. The fraction of sp³-hybridized carbons (Fsp3) is 0.133. The number of aromatic nitrogens is 1. The number of anilines is 1. The molecule has 0 saturated carbocycles. The van der Waals surface area contributed by atoms with Gasteiger partial charge >= 0.3 is 6.18 Å². The summed E-state index contributed by atoms with van der Waals surface area (Å²) >= 11 is 17.8.